The number of carbonyl (C=O) groups excluding carboxylic acids is 1. The van der Waals surface area contributed by atoms with Crippen LogP contribution in [-0.4, -0.2) is 32.3 Å². The van der Waals surface area contributed by atoms with Gasteiger partial charge in [-0.25, -0.2) is 23.2 Å². The number of ether oxygens (including phenoxy) is 1. The average Bonchev–Trinajstić information content (AvgIpc) is 3.05. The maximum absolute atomic E-state index is 13.5. The highest BCUT2D eigenvalue weighted by atomic mass is 19.2. The maximum Gasteiger partial charge on any atom is 0.343 e. The minimum atomic E-state index is -1.02. The third-order valence-corrected chi connectivity index (χ3v) is 3.37. The van der Waals surface area contributed by atoms with Gasteiger partial charge in [0.1, 0.15) is 5.56 Å². The minimum Gasteiger partial charge on any atom is -0.462 e. The molecular formula is C17H15F2N5O2. The molecule has 0 aliphatic carbocycles. The van der Waals surface area contributed by atoms with Crippen LogP contribution in [-0.2, 0) is 4.74 Å². The first-order chi connectivity index (χ1) is 12.5. The third-order valence-electron chi connectivity index (χ3n) is 3.37. The van der Waals surface area contributed by atoms with E-state index in [0.29, 0.717) is 0 Å². The van der Waals surface area contributed by atoms with Gasteiger partial charge in [0, 0.05) is 24.1 Å². The minimum absolute atomic E-state index is 0.0595. The van der Waals surface area contributed by atoms with Crippen LogP contribution in [0.2, 0.25) is 0 Å². The second kappa shape index (κ2) is 7.26. The van der Waals surface area contributed by atoms with Gasteiger partial charge in [-0.15, -0.1) is 0 Å². The molecular weight excluding hydrogens is 344 g/mol. The lowest BCUT2D eigenvalue weighted by atomic mass is 10.2. The Labute approximate surface area is 147 Å². The molecule has 3 rings (SSSR count). The number of carbonyl (C=O) groups is 1. The number of hydrogen-bond acceptors (Lipinski definition) is 6. The van der Waals surface area contributed by atoms with Crippen LogP contribution >= 0.6 is 0 Å². The molecule has 0 radical (unpaired) electrons. The van der Waals surface area contributed by atoms with E-state index in [9.17, 15) is 13.6 Å². The van der Waals surface area contributed by atoms with Crippen molar-refractivity contribution in [2.75, 3.05) is 11.9 Å². The summed E-state index contributed by atoms with van der Waals surface area (Å²) < 4.78 is 33.0. The number of esters is 1. The van der Waals surface area contributed by atoms with Gasteiger partial charge in [-0.2, -0.15) is 10.1 Å². The van der Waals surface area contributed by atoms with E-state index in [4.69, 9.17) is 4.74 Å². The molecule has 0 aliphatic heterocycles. The SMILES string of the molecule is CCOC(=O)c1cnc(-n2cc(C)cn2)nc1Nc1ccc(F)c(F)c1. The van der Waals surface area contributed by atoms with Gasteiger partial charge >= 0.3 is 5.97 Å². The van der Waals surface area contributed by atoms with E-state index in [1.54, 1.807) is 19.3 Å². The first kappa shape index (κ1) is 17.5. The molecule has 26 heavy (non-hydrogen) atoms. The number of nitrogens with zero attached hydrogens (tertiary/aromatic N) is 4. The summed E-state index contributed by atoms with van der Waals surface area (Å²) in [5.74, 6) is -2.34. The zero-order valence-corrected chi connectivity index (χ0v) is 14.0. The predicted octanol–water partition coefficient (Wildman–Crippen LogP) is 3.17. The van der Waals surface area contributed by atoms with E-state index in [1.165, 1.54) is 16.9 Å². The summed E-state index contributed by atoms with van der Waals surface area (Å²) in [7, 11) is 0. The zero-order valence-electron chi connectivity index (χ0n) is 14.0. The molecule has 0 bridgehead atoms. The second-order valence-corrected chi connectivity index (χ2v) is 5.37. The van der Waals surface area contributed by atoms with Crippen molar-refractivity contribution in [3.05, 3.63) is 59.6 Å². The van der Waals surface area contributed by atoms with Crippen LogP contribution in [0, 0.1) is 18.6 Å². The fraction of sp³-hybridized carbons (Fsp3) is 0.176. The summed E-state index contributed by atoms with van der Waals surface area (Å²) in [6.45, 7) is 3.70. The molecule has 1 N–H and O–H groups in total. The first-order valence-corrected chi connectivity index (χ1v) is 7.76. The van der Waals surface area contributed by atoms with Gasteiger partial charge in [-0.1, -0.05) is 0 Å². The number of nitrogens with one attached hydrogen (secondary N) is 1. The van der Waals surface area contributed by atoms with E-state index >= 15 is 0 Å². The average molecular weight is 359 g/mol. The molecule has 0 unspecified atom stereocenters. The fourth-order valence-electron chi connectivity index (χ4n) is 2.17. The van der Waals surface area contributed by atoms with Crippen molar-refractivity contribution in [1.29, 1.82) is 0 Å². The summed E-state index contributed by atoms with van der Waals surface area (Å²) in [4.78, 5) is 20.5. The van der Waals surface area contributed by atoms with Gasteiger partial charge in [0.25, 0.3) is 5.95 Å². The van der Waals surface area contributed by atoms with Gasteiger partial charge in [-0.05, 0) is 31.5 Å². The Hall–Kier alpha value is -3.36. The maximum atomic E-state index is 13.5. The van der Waals surface area contributed by atoms with Crippen molar-refractivity contribution in [3.8, 4) is 5.95 Å². The molecule has 0 saturated carbocycles. The van der Waals surface area contributed by atoms with E-state index in [2.05, 4.69) is 20.4 Å². The summed E-state index contributed by atoms with van der Waals surface area (Å²) in [6.07, 6.45) is 4.63. The zero-order chi connectivity index (χ0) is 18.7. The lowest BCUT2D eigenvalue weighted by Crippen LogP contribution is -2.13. The molecule has 134 valence electrons. The molecule has 7 nitrogen and oxygen atoms in total. The Morgan fingerprint density at radius 1 is 1.27 bits per heavy atom. The van der Waals surface area contributed by atoms with Crippen LogP contribution < -0.4 is 5.32 Å². The van der Waals surface area contributed by atoms with Crippen molar-refractivity contribution in [2.45, 2.75) is 13.8 Å². The van der Waals surface area contributed by atoms with Gasteiger partial charge in [-0.3, -0.25) is 0 Å². The van der Waals surface area contributed by atoms with Crippen LogP contribution in [0.3, 0.4) is 0 Å². The number of hydrogen-bond donors (Lipinski definition) is 1. The largest absolute Gasteiger partial charge is 0.462 e. The Kier molecular flexibility index (Phi) is 4.87. The standard InChI is InChI=1S/C17H15F2N5O2/c1-3-26-16(25)12-8-20-17(24-9-10(2)7-21-24)23-15(12)22-11-4-5-13(18)14(19)6-11/h4-9H,3H2,1-2H3,(H,20,22,23). The Morgan fingerprint density at radius 2 is 2.08 bits per heavy atom. The molecule has 3 aromatic rings. The number of benzene rings is 1. The number of halogens is 2. The van der Waals surface area contributed by atoms with Crippen LogP contribution in [0.25, 0.3) is 5.95 Å². The van der Waals surface area contributed by atoms with E-state index in [1.807, 2.05) is 6.92 Å². The van der Waals surface area contributed by atoms with Crippen LogP contribution in [0.1, 0.15) is 22.8 Å². The second-order valence-electron chi connectivity index (χ2n) is 5.37. The number of rotatable bonds is 5. The fourth-order valence-corrected chi connectivity index (χ4v) is 2.17. The summed E-state index contributed by atoms with van der Waals surface area (Å²) in [6, 6.07) is 3.26. The quantitative estimate of drug-likeness (QED) is 0.705. The topological polar surface area (TPSA) is 81.9 Å². The molecule has 0 atom stereocenters. The van der Waals surface area contributed by atoms with Gasteiger partial charge in [0.05, 0.1) is 12.8 Å². The summed E-state index contributed by atoms with van der Waals surface area (Å²) in [5.41, 5.74) is 1.18. The molecule has 2 aromatic heterocycles. The molecule has 1 aromatic carbocycles. The Bertz CT molecular complexity index is 958. The van der Waals surface area contributed by atoms with Gasteiger partial charge in [0.15, 0.2) is 17.5 Å². The number of anilines is 2. The monoisotopic (exact) mass is 359 g/mol. The normalized spacial score (nSPS) is 10.6. The summed E-state index contributed by atoms with van der Waals surface area (Å²) >= 11 is 0. The van der Waals surface area contributed by atoms with Crippen molar-refractivity contribution < 1.29 is 18.3 Å². The lowest BCUT2D eigenvalue weighted by molar-refractivity contribution is 0.0526. The molecule has 9 heteroatoms. The molecule has 0 saturated heterocycles. The van der Waals surface area contributed by atoms with Gasteiger partial charge < -0.3 is 10.1 Å². The van der Waals surface area contributed by atoms with Crippen molar-refractivity contribution in [3.63, 3.8) is 0 Å². The highest BCUT2D eigenvalue weighted by molar-refractivity contribution is 5.95. The lowest BCUT2D eigenvalue weighted by Gasteiger charge is -2.12. The van der Waals surface area contributed by atoms with E-state index in [-0.39, 0.29) is 29.6 Å². The van der Waals surface area contributed by atoms with Crippen molar-refractivity contribution >= 4 is 17.5 Å². The molecule has 0 spiro atoms. The highest BCUT2D eigenvalue weighted by Gasteiger charge is 2.17. The van der Waals surface area contributed by atoms with Crippen LogP contribution in [0.15, 0.2) is 36.8 Å². The van der Waals surface area contributed by atoms with Crippen molar-refractivity contribution in [2.24, 2.45) is 0 Å². The number of aryl methyl sites for hydroxylation is 1. The first-order valence-electron chi connectivity index (χ1n) is 7.76. The highest BCUT2D eigenvalue weighted by Crippen LogP contribution is 2.22. The van der Waals surface area contributed by atoms with Gasteiger partial charge in [0.2, 0.25) is 0 Å². The Balaban J connectivity index is 2.02. The van der Waals surface area contributed by atoms with Crippen molar-refractivity contribution in [1.82, 2.24) is 19.7 Å². The van der Waals surface area contributed by atoms with E-state index < -0.39 is 17.6 Å². The molecule has 0 fully saturated rings. The van der Waals surface area contributed by atoms with Crippen LogP contribution in [0.4, 0.5) is 20.3 Å². The third kappa shape index (κ3) is 3.66. The smallest absolute Gasteiger partial charge is 0.343 e. The van der Waals surface area contributed by atoms with Crippen LogP contribution in [0.5, 0.6) is 0 Å². The van der Waals surface area contributed by atoms with E-state index in [0.717, 1.165) is 17.7 Å². The molecule has 0 aliphatic rings. The summed E-state index contributed by atoms with van der Waals surface area (Å²) in [5, 5.41) is 6.91. The molecule has 0 amide bonds. The predicted molar refractivity (Wildman–Crippen MR) is 89.5 cm³/mol. The molecule has 2 heterocycles. The number of aromatic nitrogens is 4. The Morgan fingerprint density at radius 3 is 2.73 bits per heavy atom.